The van der Waals surface area contributed by atoms with Crippen LogP contribution in [0.1, 0.15) is 18.9 Å². The number of benzene rings is 2. The number of hydrogen-bond acceptors (Lipinski definition) is 5. The van der Waals surface area contributed by atoms with E-state index in [1.165, 1.54) is 6.92 Å². The molecule has 11 heteroatoms. The van der Waals surface area contributed by atoms with E-state index < -0.39 is 34.6 Å². The summed E-state index contributed by atoms with van der Waals surface area (Å²) in [6, 6.07) is 4.71. The van der Waals surface area contributed by atoms with Crippen LogP contribution in [0.25, 0.3) is 10.9 Å². The summed E-state index contributed by atoms with van der Waals surface area (Å²) in [4.78, 5) is 40.5. The topological polar surface area (TPSA) is 116 Å². The van der Waals surface area contributed by atoms with E-state index in [4.69, 9.17) is 9.59 Å². The van der Waals surface area contributed by atoms with E-state index in [0.717, 1.165) is 30.3 Å². The van der Waals surface area contributed by atoms with Crippen LogP contribution < -0.4 is 10.9 Å². The number of aromatic nitrogens is 1. The fourth-order valence-corrected chi connectivity index (χ4v) is 2.24. The van der Waals surface area contributed by atoms with Gasteiger partial charge in [0.1, 0.15) is 29.0 Å². The highest BCUT2D eigenvalue weighted by Crippen LogP contribution is 2.28. The number of aromatic amines is 1. The van der Waals surface area contributed by atoms with Gasteiger partial charge in [-0.05, 0) is 31.2 Å². The first-order chi connectivity index (χ1) is 14.6. The lowest BCUT2D eigenvalue weighted by Crippen LogP contribution is -2.10. The molecule has 0 spiro atoms. The predicted octanol–water partition coefficient (Wildman–Crippen LogP) is 3.55. The summed E-state index contributed by atoms with van der Waals surface area (Å²) in [5.74, 6) is -3.63. The Morgan fingerprint density at radius 2 is 1.61 bits per heavy atom. The fraction of sp³-hybridized carbons (Fsp3) is 0.150. The van der Waals surface area contributed by atoms with Gasteiger partial charge in [-0.1, -0.05) is 6.92 Å². The zero-order valence-corrected chi connectivity index (χ0v) is 16.2. The molecular weight excluding hydrogens is 424 g/mol. The highest BCUT2D eigenvalue weighted by Gasteiger charge is 2.14. The van der Waals surface area contributed by atoms with Crippen molar-refractivity contribution in [2.75, 3.05) is 5.32 Å². The molecule has 0 bridgehead atoms. The van der Waals surface area contributed by atoms with Crippen molar-refractivity contribution in [2.45, 2.75) is 20.3 Å². The van der Waals surface area contributed by atoms with Crippen LogP contribution in [0.2, 0.25) is 0 Å². The number of hydrogen-bond donors (Lipinski definition) is 3. The lowest BCUT2D eigenvalue weighted by molar-refractivity contribution is -0.191. The molecule has 0 unspecified atom stereocenters. The minimum Gasteiger partial charge on any atom is -0.507 e. The molecule has 0 aliphatic rings. The normalized spacial score (nSPS) is 9.61. The van der Waals surface area contributed by atoms with Crippen LogP contribution in [0, 0.1) is 30.2 Å². The zero-order valence-electron chi connectivity index (χ0n) is 16.2. The van der Waals surface area contributed by atoms with Gasteiger partial charge >= 0.3 is 6.15 Å². The molecule has 31 heavy (non-hydrogen) atoms. The third kappa shape index (κ3) is 6.51. The number of fused-ring (bicyclic) bond motifs is 1. The molecule has 0 saturated carbocycles. The molecule has 1 amide bonds. The van der Waals surface area contributed by atoms with Crippen molar-refractivity contribution in [3.05, 3.63) is 69.5 Å². The molecule has 164 valence electrons. The Balaban J connectivity index is 0.000000278. The molecule has 0 fully saturated rings. The maximum Gasteiger partial charge on any atom is 0.373 e. The van der Waals surface area contributed by atoms with E-state index in [2.05, 4.69) is 10.3 Å². The van der Waals surface area contributed by atoms with Gasteiger partial charge in [-0.2, -0.15) is 9.59 Å². The standard InChI is InChI=1S/C10H7F2NO2.C9H9F2NO.CO2/c1-4-9(14)7-5(11)2-3-6(12)8(7)13-10(4)15;1-2-9(13)12-8-5-6(10)3-4-7(8)11;2-1-3/h2-3H,1H3,(H2,13,14,15);3-5H,2H2,1H3,(H,12,13);. The highest BCUT2D eigenvalue weighted by molar-refractivity contribution is 5.90. The van der Waals surface area contributed by atoms with E-state index in [0.29, 0.717) is 0 Å². The maximum absolute atomic E-state index is 13.3. The van der Waals surface area contributed by atoms with Crippen molar-refractivity contribution >= 4 is 28.6 Å². The maximum atomic E-state index is 13.3. The summed E-state index contributed by atoms with van der Waals surface area (Å²) in [7, 11) is 0. The molecule has 1 heterocycles. The Kier molecular flexibility index (Phi) is 9.11. The summed E-state index contributed by atoms with van der Waals surface area (Å²) in [6.45, 7) is 2.96. The Morgan fingerprint density at radius 1 is 1.06 bits per heavy atom. The second kappa shape index (κ2) is 11.3. The monoisotopic (exact) mass is 440 g/mol. The predicted molar refractivity (Wildman–Crippen MR) is 101 cm³/mol. The van der Waals surface area contributed by atoms with Crippen molar-refractivity contribution in [1.82, 2.24) is 4.98 Å². The number of nitrogens with one attached hydrogen (secondary N) is 2. The van der Waals surface area contributed by atoms with Gasteiger partial charge in [0.25, 0.3) is 5.56 Å². The van der Waals surface area contributed by atoms with E-state index >= 15 is 0 Å². The summed E-state index contributed by atoms with van der Waals surface area (Å²) < 4.78 is 52.0. The molecule has 3 aromatic rings. The van der Waals surface area contributed by atoms with Gasteiger partial charge < -0.3 is 15.4 Å². The first-order valence-corrected chi connectivity index (χ1v) is 8.51. The smallest absolute Gasteiger partial charge is 0.373 e. The van der Waals surface area contributed by atoms with Crippen LogP contribution in [0.5, 0.6) is 5.75 Å². The molecule has 7 nitrogen and oxygen atoms in total. The van der Waals surface area contributed by atoms with Gasteiger partial charge in [-0.15, -0.1) is 0 Å². The quantitative estimate of drug-likeness (QED) is 0.527. The van der Waals surface area contributed by atoms with Crippen LogP contribution in [0.15, 0.2) is 35.1 Å². The van der Waals surface area contributed by atoms with E-state index in [-0.39, 0.29) is 40.6 Å². The minimum absolute atomic E-state index is 0.0352. The minimum atomic E-state index is -0.779. The number of H-pyrrole nitrogens is 1. The lowest BCUT2D eigenvalue weighted by Gasteiger charge is -2.05. The third-order valence-corrected chi connectivity index (χ3v) is 3.80. The van der Waals surface area contributed by atoms with Gasteiger partial charge in [0.15, 0.2) is 0 Å². The number of aromatic hydroxyl groups is 1. The van der Waals surface area contributed by atoms with Crippen molar-refractivity contribution in [3.63, 3.8) is 0 Å². The molecule has 3 rings (SSSR count). The Morgan fingerprint density at radius 3 is 2.19 bits per heavy atom. The van der Waals surface area contributed by atoms with Crippen LogP contribution in [0.3, 0.4) is 0 Å². The van der Waals surface area contributed by atoms with Gasteiger partial charge in [0, 0.05) is 12.5 Å². The number of anilines is 1. The van der Waals surface area contributed by atoms with E-state index in [9.17, 15) is 32.3 Å². The van der Waals surface area contributed by atoms with Gasteiger partial charge in [-0.25, -0.2) is 17.6 Å². The summed E-state index contributed by atoms with van der Waals surface area (Å²) in [6.07, 6.45) is 0.482. The van der Waals surface area contributed by atoms with E-state index in [1.807, 2.05) is 0 Å². The van der Waals surface area contributed by atoms with Crippen LogP contribution in [-0.4, -0.2) is 22.1 Å². The van der Waals surface area contributed by atoms with Gasteiger partial charge in [0.2, 0.25) is 5.91 Å². The molecule has 3 N–H and O–H groups in total. The SMILES string of the molecule is CCC(=O)Nc1cc(F)ccc1F.Cc1c(O)c2c(F)ccc(F)c2[nH]c1=O.O=C=O. The molecule has 2 aromatic carbocycles. The first-order valence-electron chi connectivity index (χ1n) is 8.51. The van der Waals surface area contributed by atoms with Crippen LogP contribution in [0.4, 0.5) is 23.2 Å². The molecule has 0 aliphatic carbocycles. The average Bonchev–Trinajstić information content (AvgIpc) is 2.72. The molecule has 0 aliphatic heterocycles. The van der Waals surface area contributed by atoms with Crippen molar-refractivity contribution in [3.8, 4) is 5.75 Å². The van der Waals surface area contributed by atoms with Gasteiger partial charge in [0.05, 0.1) is 22.2 Å². The van der Waals surface area contributed by atoms with Crippen molar-refractivity contribution in [2.24, 2.45) is 0 Å². The average molecular weight is 440 g/mol. The van der Waals surface area contributed by atoms with Gasteiger partial charge in [-0.3, -0.25) is 9.59 Å². The zero-order chi connectivity index (χ0) is 23.7. The molecule has 0 radical (unpaired) electrons. The summed E-state index contributed by atoms with van der Waals surface area (Å²) >= 11 is 0. The largest absolute Gasteiger partial charge is 0.507 e. The number of rotatable bonds is 2. The third-order valence-electron chi connectivity index (χ3n) is 3.80. The fourth-order valence-electron chi connectivity index (χ4n) is 2.24. The summed E-state index contributed by atoms with van der Waals surface area (Å²) in [5, 5.41) is 11.5. The summed E-state index contributed by atoms with van der Waals surface area (Å²) in [5.41, 5.74) is -1.11. The Hall–Kier alpha value is -3.98. The second-order valence-corrected chi connectivity index (χ2v) is 5.82. The van der Waals surface area contributed by atoms with Crippen LogP contribution >= 0.6 is 0 Å². The number of pyridine rings is 1. The molecule has 0 saturated heterocycles. The molecule has 0 atom stereocenters. The van der Waals surface area contributed by atoms with Crippen molar-refractivity contribution < 1.29 is 37.1 Å². The highest BCUT2D eigenvalue weighted by atomic mass is 19.1. The number of amides is 1. The lowest BCUT2D eigenvalue weighted by atomic mass is 10.1. The Labute approximate surface area is 172 Å². The van der Waals surface area contributed by atoms with Crippen LogP contribution in [-0.2, 0) is 14.4 Å². The second-order valence-electron chi connectivity index (χ2n) is 5.82. The van der Waals surface area contributed by atoms with Crippen molar-refractivity contribution in [1.29, 1.82) is 0 Å². The Bertz CT molecular complexity index is 1190. The number of carbonyl (C=O) groups excluding carboxylic acids is 3. The molecular formula is C20H16F4N2O5. The van der Waals surface area contributed by atoms with E-state index in [1.54, 1.807) is 6.92 Å². The molecule has 1 aromatic heterocycles. The number of halogens is 4. The first kappa shape index (κ1) is 25.1. The number of carbonyl (C=O) groups is 1.